The van der Waals surface area contributed by atoms with Crippen LogP contribution in [0.2, 0.25) is 0 Å². The Morgan fingerprint density at radius 1 is 0.445 bits per heavy atom. The Morgan fingerprint density at radius 2 is 0.864 bits per heavy atom. The molecule has 13 atom stereocenters. The van der Waals surface area contributed by atoms with E-state index in [4.69, 9.17) is 22.9 Å². The third kappa shape index (κ3) is 38.6. The van der Waals surface area contributed by atoms with Crippen molar-refractivity contribution >= 4 is 112 Å². The number of primary amides is 3. The normalized spacial score (nSPS) is 20.1. The van der Waals surface area contributed by atoms with Gasteiger partial charge >= 0.3 is 12.0 Å². The zero-order chi connectivity index (χ0) is 84.0. The lowest BCUT2D eigenvalue weighted by Gasteiger charge is -2.30. The number of aliphatic carboxylic acids is 1. The number of aliphatic hydroxyl groups is 1. The van der Waals surface area contributed by atoms with Crippen LogP contribution < -0.4 is 108 Å². The van der Waals surface area contributed by atoms with E-state index in [-0.39, 0.29) is 88.1 Å². The summed E-state index contributed by atoms with van der Waals surface area (Å²) in [5.74, 6) is -21.7. The van der Waals surface area contributed by atoms with E-state index >= 15 is 0 Å². The second-order valence-corrected chi connectivity index (χ2v) is 29.7. The molecule has 19 amide bonds. The van der Waals surface area contributed by atoms with E-state index in [1.165, 1.54) is 20.8 Å². The molecule has 1 fully saturated rings. The number of carbonyl (C=O) groups is 19. The van der Waals surface area contributed by atoms with Gasteiger partial charge in [0.1, 0.15) is 78.5 Å². The minimum Gasteiger partial charge on any atom is -0.480 e. The molecule has 110 heavy (non-hydrogen) atoms. The summed E-state index contributed by atoms with van der Waals surface area (Å²) in [7, 11) is 0. The topological polar surface area (TPSA) is 661 Å². The fourth-order valence-electron chi connectivity index (χ4n) is 11.2. The lowest BCUT2D eigenvalue weighted by Crippen LogP contribution is -2.62. The smallest absolute Gasteiger partial charge is 0.326 e. The van der Waals surface area contributed by atoms with Crippen molar-refractivity contribution in [3.05, 3.63) is 0 Å². The Morgan fingerprint density at radius 3 is 1.34 bits per heavy atom. The number of carbonyl (C=O) groups excluding carboxylic acids is 18. The van der Waals surface area contributed by atoms with E-state index in [0.29, 0.717) is 6.42 Å². The van der Waals surface area contributed by atoms with Gasteiger partial charge in [-0.3, -0.25) is 81.5 Å². The average molecular weight is 1570 g/mol. The van der Waals surface area contributed by atoms with Gasteiger partial charge in [-0.05, 0) is 113 Å². The van der Waals surface area contributed by atoms with E-state index in [2.05, 4.69) is 85.1 Å². The molecule has 1 aliphatic rings. The van der Waals surface area contributed by atoms with Gasteiger partial charge in [-0.1, -0.05) is 83.1 Å². The number of amides is 19. The highest BCUT2D eigenvalue weighted by molar-refractivity contribution is 6.02. The molecule has 0 aliphatic carbocycles. The molecule has 13 unspecified atom stereocenters. The molecular weight excluding hydrogens is 1440 g/mol. The highest BCUT2D eigenvalue weighted by Crippen LogP contribution is 2.16. The van der Waals surface area contributed by atoms with Crippen molar-refractivity contribution in [3.63, 3.8) is 0 Å². The zero-order valence-corrected chi connectivity index (χ0v) is 65.2. The maximum Gasteiger partial charge on any atom is 0.326 e. The van der Waals surface area contributed by atoms with E-state index in [1.54, 1.807) is 69.2 Å². The summed E-state index contributed by atoms with van der Waals surface area (Å²) < 4.78 is 0. The van der Waals surface area contributed by atoms with Crippen molar-refractivity contribution in [3.8, 4) is 0 Å². The Kier molecular flexibility index (Phi) is 44.1. The van der Waals surface area contributed by atoms with Crippen molar-refractivity contribution in [2.75, 3.05) is 32.8 Å². The molecule has 41 heteroatoms. The van der Waals surface area contributed by atoms with Gasteiger partial charge in [-0.25, -0.2) is 9.59 Å². The maximum absolute atomic E-state index is 14.9. The van der Waals surface area contributed by atoms with Crippen molar-refractivity contribution in [1.82, 2.24) is 85.1 Å². The van der Waals surface area contributed by atoms with Crippen LogP contribution in [0.5, 0.6) is 0 Å². The van der Waals surface area contributed by atoms with Gasteiger partial charge in [0, 0.05) is 6.54 Å². The first-order valence-corrected chi connectivity index (χ1v) is 36.9. The van der Waals surface area contributed by atoms with Crippen LogP contribution in [0.15, 0.2) is 0 Å². The van der Waals surface area contributed by atoms with Crippen molar-refractivity contribution in [2.45, 2.75) is 252 Å². The lowest BCUT2D eigenvalue weighted by molar-refractivity contribution is -0.144. The average Bonchev–Trinajstić information content (AvgIpc) is 0.875. The van der Waals surface area contributed by atoms with Crippen LogP contribution in [-0.4, -0.2) is 234 Å². The molecule has 41 nitrogen and oxygen atoms in total. The molecule has 1 aliphatic heterocycles. The largest absolute Gasteiger partial charge is 0.480 e. The van der Waals surface area contributed by atoms with Gasteiger partial charge in [-0.15, -0.1) is 0 Å². The number of hydrogen-bond acceptors (Lipinski definition) is 21. The molecule has 0 bridgehead atoms. The number of nitrogens with one attached hydrogen (secondary N) is 16. The number of rotatable bonds is 39. The SMILES string of the molecule is CC(C)CC1NC(=O)CNC(=O)C(CC(C)C)NC(=O)C(CC(C)C)NC(=O)CC(C(=O)NC(CCCNC(N)=O)C(=O)NC(CC(C)C)C(=O)NC(C(=O)NC(CC(C)C)C(=O)NC(CO)C(=O)NC(CCCCN)C(=O)NC(CC(N)=O)C(=O)O)C(C)C)NC(=O)C(CC(N)=O)NC(=O)CNC(=O)C(C)NC1=O. The molecule has 1 saturated heterocycles. The molecule has 0 saturated carbocycles. The Balaban J connectivity index is 3.99. The van der Waals surface area contributed by atoms with Crippen molar-refractivity contribution in [2.24, 2.45) is 58.4 Å². The molecule has 1 rings (SSSR count). The van der Waals surface area contributed by atoms with Gasteiger partial charge in [0.05, 0.1) is 39.0 Å². The molecule has 1 heterocycles. The van der Waals surface area contributed by atoms with Crippen LogP contribution in [-0.2, 0) is 86.3 Å². The van der Waals surface area contributed by atoms with Crippen LogP contribution in [0.25, 0.3) is 0 Å². The van der Waals surface area contributed by atoms with Gasteiger partial charge in [-0.2, -0.15) is 0 Å². The number of aliphatic hydroxyl groups excluding tert-OH is 1. The monoisotopic (exact) mass is 1560 g/mol. The first-order chi connectivity index (χ1) is 51.3. The summed E-state index contributed by atoms with van der Waals surface area (Å²) in [4.78, 5) is 258. The summed E-state index contributed by atoms with van der Waals surface area (Å²) in [6, 6.07) is -21.8. The lowest BCUT2D eigenvalue weighted by atomic mass is 9.98. The van der Waals surface area contributed by atoms with Crippen LogP contribution in [0, 0.1) is 35.5 Å². The Bertz CT molecular complexity index is 3210. The molecule has 0 aromatic rings. The number of nitrogens with two attached hydrogens (primary N) is 4. The molecule has 26 N–H and O–H groups in total. The van der Waals surface area contributed by atoms with Gasteiger partial charge in [0.15, 0.2) is 0 Å². The quantitative estimate of drug-likeness (QED) is 0.0254. The predicted octanol–water partition coefficient (Wildman–Crippen LogP) is -6.76. The third-order valence-electron chi connectivity index (χ3n) is 16.7. The minimum atomic E-state index is -2.12. The summed E-state index contributed by atoms with van der Waals surface area (Å²) in [6.07, 6.45) is -3.20. The van der Waals surface area contributed by atoms with Gasteiger partial charge in [0.25, 0.3) is 0 Å². The first-order valence-electron chi connectivity index (χ1n) is 36.9. The fourth-order valence-corrected chi connectivity index (χ4v) is 11.2. The third-order valence-corrected chi connectivity index (χ3v) is 16.7. The van der Waals surface area contributed by atoms with Crippen LogP contribution in [0.3, 0.4) is 0 Å². The van der Waals surface area contributed by atoms with Gasteiger partial charge < -0.3 is 118 Å². The molecule has 622 valence electrons. The fraction of sp³-hybridized carbons (Fsp3) is 0.725. The van der Waals surface area contributed by atoms with E-state index in [0.717, 1.165) is 0 Å². The summed E-state index contributed by atoms with van der Waals surface area (Å²) in [6.45, 7) is 18.8. The highest BCUT2D eigenvalue weighted by atomic mass is 16.4. The van der Waals surface area contributed by atoms with Crippen LogP contribution in [0.1, 0.15) is 173 Å². The Labute approximate surface area is 639 Å². The number of unbranched alkanes of at least 4 members (excludes halogenated alkanes) is 1. The van der Waals surface area contributed by atoms with Crippen LogP contribution >= 0.6 is 0 Å². The maximum atomic E-state index is 14.9. The molecule has 0 radical (unpaired) electrons. The summed E-state index contributed by atoms with van der Waals surface area (Å²) in [5.41, 5.74) is 21.6. The molecule has 0 aromatic heterocycles. The van der Waals surface area contributed by atoms with Crippen LogP contribution in [0.4, 0.5) is 4.79 Å². The van der Waals surface area contributed by atoms with E-state index in [1.807, 2.05) is 0 Å². The molecular formula is C69H120N20O21. The van der Waals surface area contributed by atoms with Crippen molar-refractivity contribution < 1.29 is 101 Å². The number of carboxylic acids is 1. The highest BCUT2D eigenvalue weighted by Gasteiger charge is 2.39. The number of carboxylic acid groups (broad SMARTS) is 1. The summed E-state index contributed by atoms with van der Waals surface area (Å²) in [5, 5.41) is 58.8. The van der Waals surface area contributed by atoms with Gasteiger partial charge in [0.2, 0.25) is 100 Å². The molecule has 0 spiro atoms. The Hall–Kier alpha value is -10.3. The number of urea groups is 1. The first kappa shape index (κ1) is 97.7. The second-order valence-electron chi connectivity index (χ2n) is 29.7. The molecule has 0 aromatic carbocycles. The van der Waals surface area contributed by atoms with E-state index in [9.17, 15) is 101 Å². The predicted molar refractivity (Wildman–Crippen MR) is 396 cm³/mol. The van der Waals surface area contributed by atoms with Crippen molar-refractivity contribution in [1.29, 1.82) is 0 Å². The standard InChI is InChI=1S/C69H120N20O21/c1-32(2)21-41-57(97)76-30-54(95)79-42(22-33(3)4)60(100)77-38(13)56(96)75-29-53(94)80-46(26-50(71)91)63(103)85-47(28-52(93)78-43(23-34(5)6)61(101)83-41)64(104)81-40(18-16-20-74-69(73)110)58(98)84-45(25-36(9)10)65(105)89-55(37(11)12)67(107)86-44(24-35(7)8)62(102)88-49(31-90)66(106)82-39(17-14-15-19-70)59(99)87-48(68(108)109)27-51(72)92/h32-49,55,90H,14-31,70H2,1-13H3,(H2,71,91)(H2,72,92)(H,75,96)(H,76,97)(H,77,100)(H,78,93)(H,79,95)(H,80,94)(H,81,104)(H,82,106)(H,83,101)(H,84,98)(H,85,103)(H,86,107)(H,87,99)(H,88,102)(H,89,105)(H,108,109)(H3,73,74,110). The minimum absolute atomic E-state index is 0.00119. The number of hydrogen-bond donors (Lipinski definition) is 22. The van der Waals surface area contributed by atoms with E-state index < -0.39 is 248 Å². The zero-order valence-electron chi connectivity index (χ0n) is 65.2. The second kappa shape index (κ2) is 49.6. The summed E-state index contributed by atoms with van der Waals surface area (Å²) >= 11 is 0.